The monoisotopic (exact) mass is 446 g/mol. The van der Waals surface area contributed by atoms with E-state index in [0.29, 0.717) is 22.6 Å². The molecule has 0 aliphatic carbocycles. The van der Waals surface area contributed by atoms with Gasteiger partial charge in [-0.15, -0.1) is 0 Å². The third kappa shape index (κ3) is 5.03. The Kier molecular flexibility index (Phi) is 6.14. The largest absolute Gasteiger partial charge is 0.356 e. The van der Waals surface area contributed by atoms with E-state index in [1.807, 2.05) is 19.1 Å². The minimum Gasteiger partial charge on any atom is -0.356 e. The molecule has 1 aliphatic heterocycles. The molecule has 0 unspecified atom stereocenters. The lowest BCUT2D eigenvalue weighted by molar-refractivity contribution is 0.102. The van der Waals surface area contributed by atoms with Gasteiger partial charge in [0.05, 0.1) is 23.0 Å². The summed E-state index contributed by atoms with van der Waals surface area (Å²) in [5.41, 5.74) is 1.39. The Morgan fingerprint density at radius 1 is 1.21 bits per heavy atom. The van der Waals surface area contributed by atoms with Gasteiger partial charge in [-0.2, -0.15) is 5.26 Å². The molecule has 1 amide bonds. The van der Waals surface area contributed by atoms with Crippen LogP contribution in [0.3, 0.4) is 0 Å². The van der Waals surface area contributed by atoms with Crippen molar-refractivity contribution in [2.24, 2.45) is 5.92 Å². The van der Waals surface area contributed by atoms with E-state index in [0.717, 1.165) is 37.3 Å². The number of nitriles is 1. The Bertz CT molecular complexity index is 1180. The summed E-state index contributed by atoms with van der Waals surface area (Å²) in [5.74, 6) is 1.32. The van der Waals surface area contributed by atoms with Crippen molar-refractivity contribution < 1.29 is 9.18 Å². The third-order valence-corrected chi connectivity index (χ3v) is 6.17. The Labute approximate surface area is 192 Å². The van der Waals surface area contributed by atoms with Gasteiger partial charge in [0.15, 0.2) is 0 Å². The number of aromatic nitrogens is 3. The molecular weight excluding hydrogens is 419 g/mol. The summed E-state index contributed by atoms with van der Waals surface area (Å²) in [6.07, 6.45) is 8.19. The van der Waals surface area contributed by atoms with Crippen LogP contribution in [-0.2, 0) is 0 Å². The molecule has 1 saturated heterocycles. The molecule has 1 aliphatic rings. The van der Waals surface area contributed by atoms with Crippen molar-refractivity contribution in [2.45, 2.75) is 39.3 Å². The van der Waals surface area contributed by atoms with E-state index in [9.17, 15) is 9.18 Å². The molecule has 3 aromatic rings. The second-order valence-corrected chi connectivity index (χ2v) is 8.97. The molecule has 0 aromatic carbocycles. The fourth-order valence-corrected chi connectivity index (χ4v) is 4.23. The second kappa shape index (κ2) is 9.02. The van der Waals surface area contributed by atoms with Crippen molar-refractivity contribution in [1.82, 2.24) is 14.5 Å². The lowest BCUT2D eigenvalue weighted by Gasteiger charge is -2.37. The Balaban J connectivity index is 1.41. The second-order valence-electron chi connectivity index (χ2n) is 8.97. The highest BCUT2D eigenvalue weighted by Gasteiger charge is 2.32. The molecule has 0 radical (unpaired) electrons. The summed E-state index contributed by atoms with van der Waals surface area (Å²) >= 11 is 0. The maximum atomic E-state index is 14.2. The van der Waals surface area contributed by atoms with Crippen LogP contribution in [0, 0.1) is 24.2 Å². The van der Waals surface area contributed by atoms with Gasteiger partial charge >= 0.3 is 0 Å². The van der Waals surface area contributed by atoms with E-state index in [-0.39, 0.29) is 11.8 Å². The van der Waals surface area contributed by atoms with Gasteiger partial charge in [0.2, 0.25) is 0 Å². The van der Waals surface area contributed by atoms with Gasteiger partial charge in [0, 0.05) is 31.7 Å². The zero-order chi connectivity index (χ0) is 23.6. The van der Waals surface area contributed by atoms with Gasteiger partial charge in [0.25, 0.3) is 5.91 Å². The van der Waals surface area contributed by atoms with Gasteiger partial charge in [-0.05, 0) is 69.4 Å². The number of aryl methyl sites for hydroxylation is 1. The van der Waals surface area contributed by atoms with Gasteiger partial charge in [0.1, 0.15) is 23.4 Å². The van der Waals surface area contributed by atoms with Crippen LogP contribution in [0.15, 0.2) is 49.1 Å². The number of halogens is 1. The number of hydrogen-bond acceptors (Lipinski definition) is 5. The van der Waals surface area contributed by atoms with Crippen LogP contribution in [0.2, 0.25) is 0 Å². The molecule has 0 spiro atoms. The minimum absolute atomic E-state index is 0.0689. The van der Waals surface area contributed by atoms with Crippen LogP contribution in [0.4, 0.5) is 15.9 Å². The number of nitrogens with zero attached hydrogens (tertiary/aromatic N) is 5. The molecule has 3 aromatic heterocycles. The van der Waals surface area contributed by atoms with Crippen LogP contribution in [-0.4, -0.2) is 39.2 Å². The standard InChI is InChI=1S/C25H27FN6O/c1-17-12-21(15-29-23(17)31-10-7-20(8-11-31)25(2,3)26)30-24(33)19-6-9-32(16-19)22-5-4-18(13-27)14-28-22/h4-6,9,12,14-16,20H,7-8,10-11H2,1-3H3,(H,30,33). The highest BCUT2D eigenvalue weighted by molar-refractivity contribution is 6.04. The predicted molar refractivity (Wildman–Crippen MR) is 125 cm³/mol. The number of hydrogen-bond donors (Lipinski definition) is 1. The molecule has 1 N–H and O–H groups in total. The Morgan fingerprint density at radius 3 is 2.58 bits per heavy atom. The molecule has 4 heterocycles. The van der Waals surface area contributed by atoms with Crippen LogP contribution in [0.1, 0.15) is 48.2 Å². The third-order valence-electron chi connectivity index (χ3n) is 6.17. The van der Waals surface area contributed by atoms with E-state index in [1.165, 1.54) is 6.20 Å². The lowest BCUT2D eigenvalue weighted by Crippen LogP contribution is -2.40. The van der Waals surface area contributed by atoms with Crippen molar-refractivity contribution in [3.8, 4) is 11.9 Å². The number of rotatable bonds is 5. The number of amides is 1. The molecule has 1 fully saturated rings. The number of alkyl halides is 1. The fourth-order valence-electron chi connectivity index (χ4n) is 4.23. The average molecular weight is 447 g/mol. The smallest absolute Gasteiger partial charge is 0.257 e. The molecule has 0 atom stereocenters. The first kappa shape index (κ1) is 22.5. The van der Waals surface area contributed by atoms with E-state index in [2.05, 4.69) is 20.2 Å². The Morgan fingerprint density at radius 2 is 1.97 bits per heavy atom. The number of piperidine rings is 1. The van der Waals surface area contributed by atoms with E-state index < -0.39 is 5.67 Å². The summed E-state index contributed by atoms with van der Waals surface area (Å²) in [4.78, 5) is 23.7. The molecular formula is C25H27FN6O. The number of carbonyl (C=O) groups excluding carboxylic acids is 1. The normalized spacial score (nSPS) is 14.7. The molecule has 7 nitrogen and oxygen atoms in total. The number of pyridine rings is 2. The summed E-state index contributed by atoms with van der Waals surface area (Å²) in [7, 11) is 0. The predicted octanol–water partition coefficient (Wildman–Crippen LogP) is 4.66. The van der Waals surface area contributed by atoms with Crippen LogP contribution < -0.4 is 10.2 Å². The molecule has 33 heavy (non-hydrogen) atoms. The molecule has 8 heteroatoms. The highest BCUT2D eigenvalue weighted by Crippen LogP contribution is 2.33. The average Bonchev–Trinajstić information content (AvgIpc) is 3.29. The quantitative estimate of drug-likeness (QED) is 0.616. The van der Waals surface area contributed by atoms with Crippen LogP contribution in [0.25, 0.3) is 5.82 Å². The molecule has 0 saturated carbocycles. The van der Waals surface area contributed by atoms with Gasteiger partial charge < -0.3 is 14.8 Å². The van der Waals surface area contributed by atoms with Crippen molar-refractivity contribution >= 4 is 17.4 Å². The summed E-state index contributed by atoms with van der Waals surface area (Å²) < 4.78 is 16.0. The zero-order valence-corrected chi connectivity index (χ0v) is 19.0. The molecule has 170 valence electrons. The van der Waals surface area contributed by atoms with E-state index in [1.54, 1.807) is 55.2 Å². The first-order chi connectivity index (χ1) is 15.7. The Hall–Kier alpha value is -3.73. The topological polar surface area (TPSA) is 86.8 Å². The number of nitrogens with one attached hydrogen (secondary N) is 1. The SMILES string of the molecule is Cc1cc(NC(=O)c2ccn(-c3ccc(C#N)cn3)c2)cnc1N1CCC(C(C)(C)F)CC1. The van der Waals surface area contributed by atoms with Gasteiger partial charge in [-0.25, -0.2) is 14.4 Å². The highest BCUT2D eigenvalue weighted by atomic mass is 19.1. The van der Waals surface area contributed by atoms with Crippen molar-refractivity contribution in [2.75, 3.05) is 23.3 Å². The maximum Gasteiger partial charge on any atom is 0.257 e. The van der Waals surface area contributed by atoms with Crippen LogP contribution in [0.5, 0.6) is 0 Å². The first-order valence-corrected chi connectivity index (χ1v) is 11.0. The molecule has 0 bridgehead atoms. The fraction of sp³-hybridized carbons (Fsp3) is 0.360. The number of anilines is 2. The molecule has 4 rings (SSSR count). The summed E-state index contributed by atoms with van der Waals surface area (Å²) in [6, 6.07) is 9.05. The van der Waals surface area contributed by atoms with Gasteiger partial charge in [-0.1, -0.05) is 0 Å². The summed E-state index contributed by atoms with van der Waals surface area (Å²) in [5, 5.41) is 11.8. The van der Waals surface area contributed by atoms with E-state index in [4.69, 9.17) is 5.26 Å². The van der Waals surface area contributed by atoms with Crippen molar-refractivity contribution in [1.29, 1.82) is 5.26 Å². The maximum absolute atomic E-state index is 14.2. The van der Waals surface area contributed by atoms with Gasteiger partial charge in [-0.3, -0.25) is 4.79 Å². The van der Waals surface area contributed by atoms with E-state index >= 15 is 0 Å². The number of carbonyl (C=O) groups is 1. The van der Waals surface area contributed by atoms with Crippen molar-refractivity contribution in [3.05, 3.63) is 65.7 Å². The minimum atomic E-state index is -1.15. The van der Waals surface area contributed by atoms with Crippen LogP contribution >= 0.6 is 0 Å². The first-order valence-electron chi connectivity index (χ1n) is 11.0. The zero-order valence-electron chi connectivity index (χ0n) is 19.0. The lowest BCUT2D eigenvalue weighted by atomic mass is 9.84. The summed E-state index contributed by atoms with van der Waals surface area (Å²) in [6.45, 7) is 6.83. The van der Waals surface area contributed by atoms with Crippen molar-refractivity contribution in [3.63, 3.8) is 0 Å².